The molecule has 2 aromatic rings. The normalized spacial score (nSPS) is 11.3. The van der Waals surface area contributed by atoms with E-state index in [2.05, 4.69) is 10.5 Å². The molecule has 0 aliphatic carbocycles. The number of nitrogens with zero attached hydrogens (tertiary/aromatic N) is 2. The number of hydrogen-bond acceptors (Lipinski definition) is 6. The molecule has 0 spiro atoms. The summed E-state index contributed by atoms with van der Waals surface area (Å²) < 4.78 is 36.0. The van der Waals surface area contributed by atoms with Crippen LogP contribution in [-0.4, -0.2) is 47.6 Å². The van der Waals surface area contributed by atoms with Gasteiger partial charge in [0.05, 0.1) is 32.4 Å². The number of nitrogens with one attached hydrogen (secondary N) is 1. The molecule has 2 rings (SSSR count). The van der Waals surface area contributed by atoms with Crippen molar-refractivity contribution in [1.29, 1.82) is 0 Å². The molecule has 0 unspecified atom stereocenters. The fourth-order valence-corrected chi connectivity index (χ4v) is 3.60. The molecule has 1 amide bonds. The van der Waals surface area contributed by atoms with Gasteiger partial charge >= 0.3 is 0 Å². The first-order valence-corrected chi connectivity index (χ1v) is 10.7. The Labute approximate surface area is 171 Å². The topological polar surface area (TPSA) is 97.3 Å². The van der Waals surface area contributed by atoms with Crippen molar-refractivity contribution in [2.24, 2.45) is 5.10 Å². The Bertz CT molecular complexity index is 989. The van der Waals surface area contributed by atoms with E-state index in [1.807, 2.05) is 19.1 Å². The molecule has 2 aromatic carbocycles. The van der Waals surface area contributed by atoms with Crippen LogP contribution in [-0.2, 0) is 21.2 Å². The molecule has 0 aliphatic rings. The fourth-order valence-electron chi connectivity index (χ4n) is 2.71. The maximum Gasteiger partial charge on any atom is 0.260 e. The van der Waals surface area contributed by atoms with E-state index in [-0.39, 0.29) is 6.54 Å². The number of hydrazone groups is 1. The summed E-state index contributed by atoms with van der Waals surface area (Å²) in [5, 5.41) is 3.90. The molecule has 1 N–H and O–H groups in total. The van der Waals surface area contributed by atoms with Gasteiger partial charge in [-0.3, -0.25) is 9.10 Å². The smallest absolute Gasteiger partial charge is 0.260 e. The van der Waals surface area contributed by atoms with Crippen molar-refractivity contribution in [3.05, 3.63) is 53.6 Å². The summed E-state index contributed by atoms with van der Waals surface area (Å²) >= 11 is 0. The number of methoxy groups -OCH3 is 2. The van der Waals surface area contributed by atoms with E-state index in [9.17, 15) is 13.2 Å². The molecule has 0 saturated heterocycles. The van der Waals surface area contributed by atoms with Crippen LogP contribution in [0.1, 0.15) is 18.1 Å². The third-order valence-electron chi connectivity index (χ3n) is 4.14. The molecule has 9 heteroatoms. The summed E-state index contributed by atoms with van der Waals surface area (Å²) in [5.41, 5.74) is 4.36. The molecule has 29 heavy (non-hydrogen) atoms. The molecule has 0 radical (unpaired) electrons. The Morgan fingerprint density at radius 3 is 2.45 bits per heavy atom. The van der Waals surface area contributed by atoms with Crippen LogP contribution in [0.15, 0.2) is 47.6 Å². The molecular weight excluding hydrogens is 394 g/mol. The number of sulfonamides is 1. The number of rotatable bonds is 9. The SMILES string of the molecule is CCc1ccccc1N(CC(=O)N/N=C\c1ccc(OC)c(OC)c1)S(C)(=O)=O. The van der Waals surface area contributed by atoms with E-state index in [0.717, 1.165) is 16.1 Å². The van der Waals surface area contributed by atoms with Crippen LogP contribution in [0.3, 0.4) is 0 Å². The summed E-state index contributed by atoms with van der Waals surface area (Å²) in [5.74, 6) is 0.548. The molecular formula is C20H25N3O5S. The van der Waals surface area contributed by atoms with Gasteiger partial charge in [-0.05, 0) is 41.8 Å². The zero-order valence-corrected chi connectivity index (χ0v) is 17.7. The molecule has 0 aromatic heterocycles. The number of para-hydroxylation sites is 1. The molecule has 0 atom stereocenters. The average Bonchev–Trinajstić information content (AvgIpc) is 2.71. The minimum absolute atomic E-state index is 0.376. The Balaban J connectivity index is 2.12. The Hall–Kier alpha value is -3.07. The number of anilines is 1. The van der Waals surface area contributed by atoms with Crippen molar-refractivity contribution >= 4 is 27.8 Å². The van der Waals surface area contributed by atoms with E-state index in [1.165, 1.54) is 20.4 Å². The van der Waals surface area contributed by atoms with Gasteiger partial charge in [0, 0.05) is 0 Å². The molecule has 0 aliphatic heterocycles. The summed E-state index contributed by atoms with van der Waals surface area (Å²) in [7, 11) is -0.589. The second-order valence-electron chi connectivity index (χ2n) is 6.16. The number of carbonyl (C=O) groups excluding carboxylic acids is 1. The first kappa shape index (κ1) is 22.2. The van der Waals surface area contributed by atoms with Gasteiger partial charge in [-0.2, -0.15) is 5.10 Å². The van der Waals surface area contributed by atoms with Crippen LogP contribution >= 0.6 is 0 Å². The van der Waals surface area contributed by atoms with E-state index < -0.39 is 15.9 Å². The minimum atomic E-state index is -3.65. The zero-order valence-electron chi connectivity index (χ0n) is 16.9. The first-order chi connectivity index (χ1) is 13.8. The molecule has 156 valence electrons. The van der Waals surface area contributed by atoms with Crippen molar-refractivity contribution in [1.82, 2.24) is 5.43 Å². The number of ether oxygens (including phenoxy) is 2. The van der Waals surface area contributed by atoms with Gasteiger partial charge in [0.2, 0.25) is 10.0 Å². The Morgan fingerprint density at radius 2 is 1.83 bits per heavy atom. The number of hydrogen-bond donors (Lipinski definition) is 1. The second kappa shape index (κ2) is 9.92. The lowest BCUT2D eigenvalue weighted by Crippen LogP contribution is -2.39. The number of carbonyl (C=O) groups is 1. The predicted octanol–water partition coefficient (Wildman–Crippen LogP) is 2.18. The number of amides is 1. The molecule has 0 saturated carbocycles. The molecule has 0 fully saturated rings. The largest absolute Gasteiger partial charge is 0.493 e. The third-order valence-corrected chi connectivity index (χ3v) is 5.27. The van der Waals surface area contributed by atoms with Gasteiger partial charge in [-0.15, -0.1) is 0 Å². The molecule has 0 bridgehead atoms. The highest BCUT2D eigenvalue weighted by atomic mass is 32.2. The maximum absolute atomic E-state index is 12.3. The number of aryl methyl sites for hydroxylation is 1. The maximum atomic E-state index is 12.3. The molecule has 0 heterocycles. The predicted molar refractivity (Wildman–Crippen MR) is 113 cm³/mol. The van der Waals surface area contributed by atoms with Crippen molar-refractivity contribution in [3.8, 4) is 11.5 Å². The summed E-state index contributed by atoms with van der Waals surface area (Å²) in [6.45, 7) is 1.55. The van der Waals surface area contributed by atoms with Crippen molar-refractivity contribution < 1.29 is 22.7 Å². The second-order valence-corrected chi connectivity index (χ2v) is 8.07. The van der Waals surface area contributed by atoms with E-state index in [1.54, 1.807) is 30.3 Å². The number of benzene rings is 2. The van der Waals surface area contributed by atoms with E-state index in [0.29, 0.717) is 29.2 Å². The monoisotopic (exact) mass is 419 g/mol. The van der Waals surface area contributed by atoms with Crippen molar-refractivity contribution in [2.45, 2.75) is 13.3 Å². The highest BCUT2D eigenvalue weighted by Crippen LogP contribution is 2.27. The van der Waals surface area contributed by atoms with Gasteiger partial charge in [0.25, 0.3) is 5.91 Å². The standard InChI is InChI=1S/C20H25N3O5S/c1-5-16-8-6-7-9-17(16)23(29(4,25)26)14-20(24)22-21-13-15-10-11-18(27-2)19(12-15)28-3/h6-13H,5,14H2,1-4H3,(H,22,24)/b21-13-. The Kier molecular flexibility index (Phi) is 7.60. The minimum Gasteiger partial charge on any atom is -0.493 e. The van der Waals surface area contributed by atoms with Crippen LogP contribution in [0.2, 0.25) is 0 Å². The van der Waals surface area contributed by atoms with Gasteiger partial charge in [0.15, 0.2) is 11.5 Å². The highest BCUT2D eigenvalue weighted by molar-refractivity contribution is 7.92. The van der Waals surface area contributed by atoms with Gasteiger partial charge < -0.3 is 9.47 Å². The summed E-state index contributed by atoms with van der Waals surface area (Å²) in [6.07, 6.45) is 3.14. The van der Waals surface area contributed by atoms with Crippen LogP contribution < -0.4 is 19.2 Å². The summed E-state index contributed by atoms with van der Waals surface area (Å²) in [4.78, 5) is 12.3. The van der Waals surface area contributed by atoms with Gasteiger partial charge in [-0.25, -0.2) is 13.8 Å². The first-order valence-electron chi connectivity index (χ1n) is 8.89. The lowest BCUT2D eigenvalue weighted by atomic mass is 10.1. The van der Waals surface area contributed by atoms with Crippen LogP contribution in [0.5, 0.6) is 11.5 Å². The van der Waals surface area contributed by atoms with E-state index >= 15 is 0 Å². The van der Waals surface area contributed by atoms with Crippen molar-refractivity contribution in [3.63, 3.8) is 0 Å². The van der Waals surface area contributed by atoms with E-state index in [4.69, 9.17) is 9.47 Å². The fraction of sp³-hybridized carbons (Fsp3) is 0.300. The lowest BCUT2D eigenvalue weighted by Gasteiger charge is -2.23. The quantitative estimate of drug-likeness (QED) is 0.496. The Morgan fingerprint density at radius 1 is 1.14 bits per heavy atom. The van der Waals surface area contributed by atoms with Gasteiger partial charge in [0.1, 0.15) is 6.54 Å². The summed E-state index contributed by atoms with van der Waals surface area (Å²) in [6, 6.07) is 12.2. The van der Waals surface area contributed by atoms with Crippen LogP contribution in [0.4, 0.5) is 5.69 Å². The third kappa shape index (κ3) is 5.95. The van der Waals surface area contributed by atoms with Crippen LogP contribution in [0, 0.1) is 0 Å². The molecule has 8 nitrogen and oxygen atoms in total. The average molecular weight is 420 g/mol. The lowest BCUT2D eigenvalue weighted by molar-refractivity contribution is -0.119. The van der Waals surface area contributed by atoms with Crippen LogP contribution in [0.25, 0.3) is 0 Å². The van der Waals surface area contributed by atoms with Gasteiger partial charge in [-0.1, -0.05) is 25.1 Å². The van der Waals surface area contributed by atoms with Crippen molar-refractivity contribution in [2.75, 3.05) is 31.3 Å². The zero-order chi connectivity index (χ0) is 21.4. The highest BCUT2D eigenvalue weighted by Gasteiger charge is 2.22.